The van der Waals surface area contributed by atoms with Crippen molar-refractivity contribution in [3.05, 3.63) is 60.4 Å². The zero-order valence-corrected chi connectivity index (χ0v) is 12.2. The van der Waals surface area contributed by atoms with Crippen molar-refractivity contribution in [2.45, 2.75) is 13.5 Å². The van der Waals surface area contributed by atoms with Crippen LogP contribution in [0.2, 0.25) is 0 Å². The van der Waals surface area contributed by atoms with E-state index in [1.54, 1.807) is 18.9 Å². The number of para-hydroxylation sites is 3. The number of amides is 1. The third kappa shape index (κ3) is 2.52. The fraction of sp³-hybridized carbons (Fsp3) is 0.176. The van der Waals surface area contributed by atoms with Gasteiger partial charge in [0.2, 0.25) is 5.91 Å². The zero-order chi connectivity index (χ0) is 14.8. The number of fused-ring (bicyclic) bond motifs is 1. The maximum atomic E-state index is 11.5. The number of imidazole rings is 1. The second-order valence-corrected chi connectivity index (χ2v) is 5.06. The minimum atomic E-state index is 0.0293. The van der Waals surface area contributed by atoms with Crippen LogP contribution in [0, 0.1) is 0 Å². The summed E-state index contributed by atoms with van der Waals surface area (Å²) in [5.74, 6) is 0.891. The van der Waals surface area contributed by atoms with Crippen molar-refractivity contribution >= 4 is 16.9 Å². The Kier molecular flexibility index (Phi) is 3.44. The second kappa shape index (κ2) is 5.40. The van der Waals surface area contributed by atoms with Gasteiger partial charge in [-0.05, 0) is 24.3 Å². The SMILES string of the molecule is CC(=O)N(C)Cc1nc2ccccc2n1-c1ccccc1. The lowest BCUT2D eigenvalue weighted by Gasteiger charge is -2.16. The molecule has 0 aliphatic rings. The maximum Gasteiger partial charge on any atom is 0.219 e. The number of hydrogen-bond donors (Lipinski definition) is 0. The Morgan fingerprint density at radius 1 is 1.10 bits per heavy atom. The molecule has 0 radical (unpaired) electrons. The van der Waals surface area contributed by atoms with Crippen LogP contribution in [0.3, 0.4) is 0 Å². The van der Waals surface area contributed by atoms with Gasteiger partial charge in [0, 0.05) is 19.7 Å². The molecular weight excluding hydrogens is 262 g/mol. The van der Waals surface area contributed by atoms with Crippen molar-refractivity contribution in [3.63, 3.8) is 0 Å². The van der Waals surface area contributed by atoms with Crippen molar-refractivity contribution in [2.75, 3.05) is 7.05 Å². The zero-order valence-electron chi connectivity index (χ0n) is 12.2. The Morgan fingerprint density at radius 2 is 1.76 bits per heavy atom. The summed E-state index contributed by atoms with van der Waals surface area (Å²) in [6.45, 7) is 2.05. The summed E-state index contributed by atoms with van der Waals surface area (Å²) in [5.41, 5.74) is 3.04. The van der Waals surface area contributed by atoms with Crippen molar-refractivity contribution in [2.24, 2.45) is 0 Å². The molecule has 1 amide bonds. The van der Waals surface area contributed by atoms with Gasteiger partial charge in [-0.25, -0.2) is 4.98 Å². The van der Waals surface area contributed by atoms with Crippen LogP contribution >= 0.6 is 0 Å². The Labute approximate surface area is 123 Å². The molecule has 0 aliphatic heterocycles. The van der Waals surface area contributed by atoms with Gasteiger partial charge >= 0.3 is 0 Å². The molecule has 1 aromatic heterocycles. The molecule has 0 spiro atoms. The Morgan fingerprint density at radius 3 is 2.48 bits per heavy atom. The molecule has 0 saturated carbocycles. The van der Waals surface area contributed by atoms with E-state index < -0.39 is 0 Å². The number of rotatable bonds is 3. The summed E-state index contributed by atoms with van der Waals surface area (Å²) >= 11 is 0. The van der Waals surface area contributed by atoms with E-state index in [1.807, 2.05) is 54.6 Å². The molecule has 0 unspecified atom stereocenters. The van der Waals surface area contributed by atoms with Gasteiger partial charge in [-0.15, -0.1) is 0 Å². The van der Waals surface area contributed by atoms with Gasteiger partial charge in [-0.3, -0.25) is 9.36 Å². The highest BCUT2D eigenvalue weighted by atomic mass is 16.2. The van der Waals surface area contributed by atoms with Gasteiger partial charge < -0.3 is 4.90 Å². The van der Waals surface area contributed by atoms with Crippen LogP contribution in [0.1, 0.15) is 12.7 Å². The highest BCUT2D eigenvalue weighted by Crippen LogP contribution is 2.22. The maximum absolute atomic E-state index is 11.5. The van der Waals surface area contributed by atoms with Gasteiger partial charge in [0.1, 0.15) is 5.82 Å². The standard InChI is InChI=1S/C17H17N3O/c1-13(21)19(2)12-17-18-15-10-6-7-11-16(15)20(17)14-8-4-3-5-9-14/h3-11H,12H2,1-2H3. The summed E-state index contributed by atoms with van der Waals surface area (Å²) in [5, 5.41) is 0. The minimum Gasteiger partial charge on any atom is -0.339 e. The Bertz CT molecular complexity index is 777. The van der Waals surface area contributed by atoms with E-state index in [0.717, 1.165) is 22.5 Å². The van der Waals surface area contributed by atoms with Gasteiger partial charge in [-0.1, -0.05) is 30.3 Å². The first-order valence-electron chi connectivity index (χ1n) is 6.90. The van der Waals surface area contributed by atoms with Crippen molar-refractivity contribution in [3.8, 4) is 5.69 Å². The number of carbonyl (C=O) groups excluding carboxylic acids is 1. The number of aromatic nitrogens is 2. The number of benzene rings is 2. The first kappa shape index (κ1) is 13.4. The van der Waals surface area contributed by atoms with Crippen LogP contribution in [0.5, 0.6) is 0 Å². The molecule has 0 N–H and O–H groups in total. The summed E-state index contributed by atoms with van der Waals surface area (Å²) < 4.78 is 2.11. The van der Waals surface area contributed by atoms with Gasteiger partial charge in [0.25, 0.3) is 0 Å². The molecule has 2 aromatic carbocycles. The highest BCUT2D eigenvalue weighted by Gasteiger charge is 2.14. The van der Waals surface area contributed by atoms with Crippen molar-refractivity contribution in [1.82, 2.24) is 14.5 Å². The lowest BCUT2D eigenvalue weighted by atomic mass is 10.3. The van der Waals surface area contributed by atoms with Crippen molar-refractivity contribution < 1.29 is 4.79 Å². The van der Waals surface area contributed by atoms with Gasteiger partial charge in [-0.2, -0.15) is 0 Å². The molecule has 0 atom stereocenters. The lowest BCUT2D eigenvalue weighted by Crippen LogP contribution is -2.24. The molecule has 3 rings (SSSR count). The Hall–Kier alpha value is -2.62. The monoisotopic (exact) mass is 279 g/mol. The molecule has 21 heavy (non-hydrogen) atoms. The van der Waals surface area contributed by atoms with E-state index in [-0.39, 0.29) is 5.91 Å². The van der Waals surface area contributed by atoms with Crippen LogP contribution in [-0.4, -0.2) is 27.4 Å². The fourth-order valence-corrected chi connectivity index (χ4v) is 2.37. The van der Waals surface area contributed by atoms with Crippen LogP contribution in [0.4, 0.5) is 0 Å². The topological polar surface area (TPSA) is 38.1 Å². The molecule has 0 bridgehead atoms. The van der Waals surface area contributed by atoms with E-state index in [9.17, 15) is 4.79 Å². The number of nitrogens with zero attached hydrogens (tertiary/aromatic N) is 3. The van der Waals surface area contributed by atoms with Crippen LogP contribution in [0.25, 0.3) is 16.7 Å². The normalized spacial score (nSPS) is 10.8. The van der Waals surface area contributed by atoms with Gasteiger partial charge in [0.05, 0.1) is 17.6 Å². The predicted octanol–water partition coefficient (Wildman–Crippen LogP) is 3.00. The third-order valence-corrected chi connectivity index (χ3v) is 3.56. The lowest BCUT2D eigenvalue weighted by molar-refractivity contribution is -0.128. The molecule has 0 fully saturated rings. The first-order chi connectivity index (χ1) is 10.2. The first-order valence-corrected chi connectivity index (χ1v) is 6.90. The second-order valence-electron chi connectivity index (χ2n) is 5.06. The van der Waals surface area contributed by atoms with Crippen LogP contribution in [0.15, 0.2) is 54.6 Å². The highest BCUT2D eigenvalue weighted by molar-refractivity contribution is 5.78. The molecule has 0 aliphatic carbocycles. The summed E-state index contributed by atoms with van der Waals surface area (Å²) in [6.07, 6.45) is 0. The Balaban J connectivity index is 2.17. The largest absolute Gasteiger partial charge is 0.339 e. The molecule has 1 heterocycles. The smallest absolute Gasteiger partial charge is 0.219 e. The third-order valence-electron chi connectivity index (χ3n) is 3.56. The minimum absolute atomic E-state index is 0.0293. The van der Waals surface area contributed by atoms with E-state index in [0.29, 0.717) is 6.54 Å². The predicted molar refractivity (Wildman–Crippen MR) is 83.2 cm³/mol. The quantitative estimate of drug-likeness (QED) is 0.739. The molecule has 3 aromatic rings. The molecule has 0 saturated heterocycles. The fourth-order valence-electron chi connectivity index (χ4n) is 2.37. The van der Waals surface area contributed by atoms with Crippen LogP contribution < -0.4 is 0 Å². The molecule has 4 heteroatoms. The van der Waals surface area contributed by atoms with Crippen LogP contribution in [-0.2, 0) is 11.3 Å². The molecule has 106 valence electrons. The average Bonchev–Trinajstić information content (AvgIpc) is 2.85. The summed E-state index contributed by atoms with van der Waals surface area (Å²) in [7, 11) is 1.79. The van der Waals surface area contributed by atoms with Gasteiger partial charge in [0.15, 0.2) is 0 Å². The molecule has 4 nitrogen and oxygen atoms in total. The number of hydrogen-bond acceptors (Lipinski definition) is 2. The van der Waals surface area contributed by atoms with Crippen molar-refractivity contribution in [1.29, 1.82) is 0 Å². The van der Waals surface area contributed by atoms with E-state index in [1.165, 1.54) is 0 Å². The summed E-state index contributed by atoms with van der Waals surface area (Å²) in [4.78, 5) is 17.8. The molecular formula is C17H17N3O. The van der Waals surface area contributed by atoms with E-state index in [4.69, 9.17) is 0 Å². The van der Waals surface area contributed by atoms with E-state index >= 15 is 0 Å². The average molecular weight is 279 g/mol. The number of carbonyl (C=O) groups is 1. The van der Waals surface area contributed by atoms with E-state index in [2.05, 4.69) is 9.55 Å². The summed E-state index contributed by atoms with van der Waals surface area (Å²) in [6, 6.07) is 18.1.